The number of aryl methyl sites for hydroxylation is 1. The van der Waals surface area contributed by atoms with Crippen molar-refractivity contribution in [3.05, 3.63) is 82.4 Å². The molecule has 0 aliphatic rings. The van der Waals surface area contributed by atoms with Gasteiger partial charge >= 0.3 is 5.56 Å². The van der Waals surface area contributed by atoms with Gasteiger partial charge in [0.25, 0.3) is 0 Å². The molecule has 4 aromatic rings. The summed E-state index contributed by atoms with van der Waals surface area (Å²) in [6.45, 7) is 2.07. The Bertz CT molecular complexity index is 1150. The van der Waals surface area contributed by atoms with Crippen LogP contribution in [0.3, 0.4) is 0 Å². The second-order valence-electron chi connectivity index (χ2n) is 6.13. The minimum atomic E-state index is -0.222. The third-order valence-corrected chi connectivity index (χ3v) is 5.27. The first-order valence-electron chi connectivity index (χ1n) is 8.45. The summed E-state index contributed by atoms with van der Waals surface area (Å²) in [6.07, 6.45) is 3.54. The highest BCUT2D eigenvalue weighted by molar-refractivity contribution is 7.98. The first kappa shape index (κ1) is 17.4. The third kappa shape index (κ3) is 3.46. The SMILES string of the molecule is COc1cccc(-n2ccn3c(SCc4ccc(C)cc4)nnc3c2=O)c1. The molecule has 0 radical (unpaired) electrons. The Morgan fingerprint density at radius 1 is 1.07 bits per heavy atom. The second kappa shape index (κ2) is 7.28. The highest BCUT2D eigenvalue weighted by atomic mass is 32.2. The lowest BCUT2D eigenvalue weighted by Gasteiger charge is -2.08. The molecule has 0 aliphatic carbocycles. The number of thioether (sulfide) groups is 1. The lowest BCUT2D eigenvalue weighted by molar-refractivity contribution is 0.414. The predicted molar refractivity (Wildman–Crippen MR) is 106 cm³/mol. The van der Waals surface area contributed by atoms with E-state index >= 15 is 0 Å². The molecule has 0 aliphatic heterocycles. The molecule has 0 amide bonds. The molecule has 2 aromatic carbocycles. The van der Waals surface area contributed by atoms with Crippen LogP contribution in [0.4, 0.5) is 0 Å². The van der Waals surface area contributed by atoms with Crippen molar-refractivity contribution in [2.24, 2.45) is 0 Å². The molecule has 7 heteroatoms. The first-order chi connectivity index (χ1) is 13.2. The zero-order valence-corrected chi connectivity index (χ0v) is 15.8. The number of ether oxygens (including phenoxy) is 1. The molecule has 2 heterocycles. The summed E-state index contributed by atoms with van der Waals surface area (Å²) in [5.41, 5.74) is 3.23. The van der Waals surface area contributed by atoms with E-state index in [2.05, 4.69) is 41.4 Å². The summed E-state index contributed by atoms with van der Waals surface area (Å²) in [4.78, 5) is 12.8. The zero-order valence-electron chi connectivity index (χ0n) is 15.0. The molecule has 4 rings (SSSR count). The molecule has 2 aromatic heterocycles. The molecule has 0 atom stereocenters. The number of methoxy groups -OCH3 is 1. The molecule has 0 bridgehead atoms. The maximum absolute atomic E-state index is 12.8. The van der Waals surface area contributed by atoms with Crippen LogP contribution in [0.2, 0.25) is 0 Å². The van der Waals surface area contributed by atoms with Crippen molar-refractivity contribution in [2.75, 3.05) is 7.11 Å². The van der Waals surface area contributed by atoms with Crippen molar-refractivity contribution in [1.29, 1.82) is 0 Å². The average Bonchev–Trinajstić information content (AvgIpc) is 3.12. The molecule has 0 N–H and O–H groups in total. The molecular formula is C20H18N4O2S. The van der Waals surface area contributed by atoms with E-state index in [1.54, 1.807) is 40.1 Å². The van der Waals surface area contributed by atoms with Crippen molar-refractivity contribution in [3.63, 3.8) is 0 Å². The predicted octanol–water partition coefficient (Wildman–Crippen LogP) is 3.49. The number of hydrogen-bond acceptors (Lipinski definition) is 5. The fraction of sp³-hybridized carbons (Fsp3) is 0.150. The van der Waals surface area contributed by atoms with E-state index < -0.39 is 0 Å². The van der Waals surface area contributed by atoms with Crippen LogP contribution in [-0.4, -0.2) is 26.3 Å². The van der Waals surface area contributed by atoms with Crippen molar-refractivity contribution in [2.45, 2.75) is 17.8 Å². The van der Waals surface area contributed by atoms with Gasteiger partial charge in [-0.2, -0.15) is 0 Å². The van der Waals surface area contributed by atoms with Crippen molar-refractivity contribution < 1.29 is 4.74 Å². The smallest absolute Gasteiger partial charge is 0.300 e. The second-order valence-corrected chi connectivity index (χ2v) is 7.07. The van der Waals surface area contributed by atoms with Crippen molar-refractivity contribution >= 4 is 17.4 Å². The molecule has 0 unspecified atom stereocenters. The normalized spacial score (nSPS) is 11.0. The van der Waals surface area contributed by atoms with E-state index in [1.807, 2.05) is 24.4 Å². The number of nitrogens with zero attached hydrogens (tertiary/aromatic N) is 4. The number of benzene rings is 2. The molecule has 6 nitrogen and oxygen atoms in total. The van der Waals surface area contributed by atoms with Crippen LogP contribution in [-0.2, 0) is 5.75 Å². The van der Waals surface area contributed by atoms with E-state index in [1.165, 1.54) is 11.1 Å². The van der Waals surface area contributed by atoms with Gasteiger partial charge in [0.2, 0.25) is 5.65 Å². The highest BCUT2D eigenvalue weighted by Crippen LogP contribution is 2.22. The van der Waals surface area contributed by atoms with Gasteiger partial charge < -0.3 is 4.74 Å². The molecule has 0 fully saturated rings. The lowest BCUT2D eigenvalue weighted by atomic mass is 10.2. The summed E-state index contributed by atoms with van der Waals surface area (Å²) in [5.74, 6) is 1.45. The summed E-state index contributed by atoms with van der Waals surface area (Å²) < 4.78 is 8.51. The van der Waals surface area contributed by atoms with Gasteiger partial charge in [-0.1, -0.05) is 47.7 Å². The largest absolute Gasteiger partial charge is 0.497 e. The Balaban J connectivity index is 1.65. The van der Waals surface area contributed by atoms with Crippen LogP contribution in [0.5, 0.6) is 5.75 Å². The van der Waals surface area contributed by atoms with Gasteiger partial charge in [-0.05, 0) is 24.6 Å². The molecule has 0 spiro atoms. The average molecular weight is 378 g/mol. The van der Waals surface area contributed by atoms with Gasteiger partial charge in [-0.15, -0.1) is 10.2 Å². The Hall–Kier alpha value is -3.06. The zero-order chi connectivity index (χ0) is 18.8. The molecule has 136 valence electrons. The Labute approximate surface area is 160 Å². The minimum absolute atomic E-state index is 0.222. The fourth-order valence-electron chi connectivity index (χ4n) is 2.76. The van der Waals surface area contributed by atoms with Gasteiger partial charge in [-0.25, -0.2) is 0 Å². The topological polar surface area (TPSA) is 61.4 Å². The van der Waals surface area contributed by atoms with Crippen LogP contribution in [0.1, 0.15) is 11.1 Å². The minimum Gasteiger partial charge on any atom is -0.497 e. The van der Waals surface area contributed by atoms with E-state index in [0.717, 1.165) is 11.4 Å². The van der Waals surface area contributed by atoms with Crippen LogP contribution < -0.4 is 10.3 Å². The maximum atomic E-state index is 12.8. The standard InChI is InChI=1S/C20H18N4O2S/c1-14-6-8-15(9-7-14)13-27-20-22-21-18-19(25)23(10-11-24(18)20)16-4-3-5-17(12-16)26-2/h3-12H,13H2,1-2H3. The highest BCUT2D eigenvalue weighted by Gasteiger charge is 2.12. The number of aromatic nitrogens is 4. The number of hydrogen-bond donors (Lipinski definition) is 0. The van der Waals surface area contributed by atoms with Gasteiger partial charge in [0.1, 0.15) is 5.75 Å². The maximum Gasteiger partial charge on any atom is 0.300 e. The van der Waals surface area contributed by atoms with Gasteiger partial charge in [-0.3, -0.25) is 13.8 Å². The Morgan fingerprint density at radius 3 is 2.67 bits per heavy atom. The Kier molecular flexibility index (Phi) is 4.68. The van der Waals surface area contributed by atoms with Crippen LogP contribution in [0, 0.1) is 6.92 Å². The van der Waals surface area contributed by atoms with E-state index in [9.17, 15) is 4.79 Å². The molecule has 0 saturated heterocycles. The number of rotatable bonds is 5. The Morgan fingerprint density at radius 2 is 1.89 bits per heavy atom. The van der Waals surface area contributed by atoms with Crippen LogP contribution >= 0.6 is 11.8 Å². The van der Waals surface area contributed by atoms with Gasteiger partial charge in [0.15, 0.2) is 5.16 Å². The monoisotopic (exact) mass is 378 g/mol. The van der Waals surface area contributed by atoms with E-state index in [-0.39, 0.29) is 5.56 Å². The van der Waals surface area contributed by atoms with Crippen molar-refractivity contribution in [1.82, 2.24) is 19.2 Å². The molecule has 27 heavy (non-hydrogen) atoms. The first-order valence-corrected chi connectivity index (χ1v) is 9.43. The summed E-state index contributed by atoms with van der Waals surface area (Å²) >= 11 is 1.55. The van der Waals surface area contributed by atoms with Gasteiger partial charge in [0.05, 0.1) is 12.8 Å². The van der Waals surface area contributed by atoms with E-state index in [0.29, 0.717) is 16.6 Å². The number of fused-ring (bicyclic) bond motifs is 1. The third-order valence-electron chi connectivity index (χ3n) is 4.26. The quantitative estimate of drug-likeness (QED) is 0.498. The molecule has 0 saturated carbocycles. The summed E-state index contributed by atoms with van der Waals surface area (Å²) in [6, 6.07) is 15.7. The molecular weight excluding hydrogens is 360 g/mol. The van der Waals surface area contributed by atoms with Crippen LogP contribution in [0.25, 0.3) is 11.3 Å². The summed E-state index contributed by atoms with van der Waals surface area (Å²) in [7, 11) is 1.60. The lowest BCUT2D eigenvalue weighted by Crippen LogP contribution is -2.20. The van der Waals surface area contributed by atoms with E-state index in [4.69, 9.17) is 4.74 Å². The van der Waals surface area contributed by atoms with Crippen LogP contribution in [0.15, 0.2) is 70.9 Å². The van der Waals surface area contributed by atoms with Crippen molar-refractivity contribution in [3.8, 4) is 11.4 Å². The summed E-state index contributed by atoms with van der Waals surface area (Å²) in [5, 5.41) is 8.99. The fourth-order valence-corrected chi connectivity index (χ4v) is 3.63. The van der Waals surface area contributed by atoms with Gasteiger partial charge in [0, 0.05) is 24.2 Å².